The molecule has 0 spiro atoms. The Labute approximate surface area is 776 Å². The molecule has 0 amide bonds. The fraction of sp³-hybridized carbons (Fsp3) is 0.679. The van der Waals surface area contributed by atoms with Crippen molar-refractivity contribution in [1.29, 1.82) is 0 Å². The Bertz CT molecular complexity index is 3090. The zero-order valence-corrected chi connectivity index (χ0v) is 82.2. The van der Waals surface area contributed by atoms with Crippen molar-refractivity contribution < 1.29 is 75.8 Å². The summed E-state index contributed by atoms with van der Waals surface area (Å²) in [7, 11) is -9.82. The molecule has 0 aromatic heterocycles. The van der Waals surface area contributed by atoms with Crippen LogP contribution in [-0.2, 0) is 55.8 Å². The van der Waals surface area contributed by atoms with Gasteiger partial charge in [0.15, 0.2) is 6.10 Å². The molecule has 4 N–H and O–H groups in total. The van der Waals surface area contributed by atoms with Crippen LogP contribution in [0.2, 0.25) is 0 Å². The summed E-state index contributed by atoms with van der Waals surface area (Å²) in [4.78, 5) is 59.2. The maximum absolute atomic E-state index is 13.1. The van der Waals surface area contributed by atoms with Crippen molar-refractivity contribution in [1.82, 2.24) is 0 Å². The summed E-state index contributed by atoms with van der Waals surface area (Å²) in [5.41, 5.74) is 0. The molecule has 0 aliphatic carbocycles. The van der Waals surface area contributed by atoms with E-state index in [9.17, 15) is 43.5 Å². The largest absolute Gasteiger partial charge is 0.472 e. The Balaban J connectivity index is 4.57. The van der Waals surface area contributed by atoms with Gasteiger partial charge in [-0.1, -0.05) is 427 Å². The van der Waals surface area contributed by atoms with Crippen molar-refractivity contribution in [2.45, 2.75) is 437 Å². The van der Waals surface area contributed by atoms with Crippen LogP contribution in [0.25, 0.3) is 0 Å². The minimum Gasteiger partial charge on any atom is -0.463 e. The monoisotopic (exact) mass is 1810 g/mol. The van der Waals surface area contributed by atoms with Crippen LogP contribution >= 0.6 is 15.6 Å². The zero-order chi connectivity index (χ0) is 92.1. The third-order valence-corrected chi connectivity index (χ3v) is 23.2. The average molecular weight is 1810 g/mol. The Kier molecular flexibility index (Phi) is 95.0. The molecule has 127 heavy (non-hydrogen) atoms. The minimum atomic E-state index is -4.95. The van der Waals surface area contributed by atoms with Gasteiger partial charge in [0, 0.05) is 19.3 Å². The van der Waals surface area contributed by atoms with E-state index >= 15 is 0 Å². The van der Waals surface area contributed by atoms with Gasteiger partial charge >= 0.3 is 33.6 Å². The highest BCUT2D eigenvalue weighted by atomic mass is 31.2. The highest BCUT2D eigenvalue weighted by Crippen LogP contribution is 2.45. The molecule has 726 valence electrons. The molecule has 0 rings (SSSR count). The van der Waals surface area contributed by atoms with E-state index in [1.165, 1.54) is 167 Å². The van der Waals surface area contributed by atoms with Gasteiger partial charge in [-0.25, -0.2) is 9.13 Å². The van der Waals surface area contributed by atoms with Crippen molar-refractivity contribution in [3.05, 3.63) is 194 Å². The predicted molar refractivity (Wildman–Crippen MR) is 537 cm³/mol. The third-order valence-electron chi connectivity index (χ3n) is 21.3. The molecule has 0 aromatic carbocycles. The van der Waals surface area contributed by atoms with Gasteiger partial charge in [0.1, 0.15) is 25.4 Å². The number of allylic oxidation sites excluding steroid dienone is 32. The lowest BCUT2D eigenvalue weighted by atomic mass is 10.0. The van der Waals surface area contributed by atoms with Crippen molar-refractivity contribution in [2.75, 3.05) is 39.6 Å². The predicted octanol–water partition coefficient (Wildman–Crippen LogP) is 32.1. The fourth-order valence-corrected chi connectivity index (χ4v) is 15.3. The number of phosphoric ester groups is 2. The number of hydrogen-bond acceptors (Lipinski definition) is 14. The first kappa shape index (κ1) is 121. The van der Waals surface area contributed by atoms with E-state index in [0.717, 1.165) is 193 Å². The Morgan fingerprint density at radius 1 is 0.228 bits per heavy atom. The first-order chi connectivity index (χ1) is 62.2. The van der Waals surface area contributed by atoms with Gasteiger partial charge in [0.2, 0.25) is 0 Å². The maximum Gasteiger partial charge on any atom is 0.472 e. The standard InChI is InChI=1S/C109H184O16P2/c1-4-7-10-13-16-19-22-25-28-31-34-37-40-42-44-46-48-50-51-53-55-56-58-60-63-65-68-71-74-77-80-83-86-89-92-95-107(112)119-98-104(110)99-121-126(115,116)122-100-105(111)101-123-127(117,118)124-103-106(125-109(114)97-94-91-88-85-82-79-76-73-70-67-62-39-36-33-30-27-24-21-18-15-12-9-6-3)102-120-108(113)96-93-90-87-84-81-78-75-72-69-66-64-61-59-57-54-52-49-47-45-43-41-38-35-32-29-26-23-20-17-14-11-8-5-2/h7-8,10-11,16-21,25-30,34-39,42-45,48-50,52,67,70,104-106,110-111H,4-6,9,12-15,22-24,31-33,40-41,46-47,51,53-66,68-69,71-103H2,1-3H3,(H,115,116)(H,117,118)/b10-7-,11-8-,19-16-,20-17-,21-18-,28-25-,29-26-,30-27-,37-34-,38-35-,39-36-,44-42-,45-43-,50-48-,52-49-,70-67-. The molecule has 0 saturated carbocycles. The van der Waals surface area contributed by atoms with Crippen LogP contribution in [0, 0.1) is 0 Å². The van der Waals surface area contributed by atoms with Gasteiger partial charge in [-0.2, -0.15) is 0 Å². The summed E-state index contributed by atoms with van der Waals surface area (Å²) < 4.78 is 61.7. The second-order valence-corrected chi connectivity index (χ2v) is 36.4. The first-order valence-corrected chi connectivity index (χ1v) is 53.7. The molecule has 5 atom stereocenters. The van der Waals surface area contributed by atoms with Gasteiger partial charge in [-0.05, 0) is 167 Å². The van der Waals surface area contributed by atoms with Crippen LogP contribution in [0.15, 0.2) is 194 Å². The number of aliphatic hydroxyl groups is 2. The molecule has 0 saturated heterocycles. The van der Waals surface area contributed by atoms with Crippen LogP contribution in [-0.4, -0.2) is 95.9 Å². The second-order valence-electron chi connectivity index (χ2n) is 33.5. The SMILES string of the molecule is CC/C=C\C/C=C\C/C=C\C/C=C\C/C=C\C/C=C\CCCCCCCCCCCCCCCCCCC(=O)OCC(O)COP(=O)(O)OCC(O)COP(=O)(O)OCC(COC(=O)CCCCCCCCCCCCCCCC/C=C\C/C=C\C/C=C\C/C=C\C/C=C\C/C=C\CC)OC(=O)CCCCCCCCC/C=C\C/C=C\C/C=C\C/C=C\CCCCC. The van der Waals surface area contributed by atoms with Crippen LogP contribution in [0.1, 0.15) is 419 Å². The number of carbonyl (C=O) groups excluding carboxylic acids is 3. The molecule has 0 bridgehead atoms. The van der Waals surface area contributed by atoms with E-state index in [4.69, 9.17) is 32.3 Å². The molecule has 16 nitrogen and oxygen atoms in total. The summed E-state index contributed by atoms with van der Waals surface area (Å²) in [5, 5.41) is 20.8. The van der Waals surface area contributed by atoms with Gasteiger partial charge in [-0.15, -0.1) is 0 Å². The van der Waals surface area contributed by atoms with E-state index in [0.29, 0.717) is 19.3 Å². The Hall–Kier alpha value is -5.61. The molecule has 0 aliphatic rings. The highest BCUT2D eigenvalue weighted by molar-refractivity contribution is 7.47. The highest BCUT2D eigenvalue weighted by Gasteiger charge is 2.30. The third kappa shape index (κ3) is 101. The minimum absolute atomic E-state index is 0.0883. The number of hydrogen-bond donors (Lipinski definition) is 4. The van der Waals surface area contributed by atoms with Crippen LogP contribution in [0.4, 0.5) is 0 Å². The van der Waals surface area contributed by atoms with Crippen LogP contribution in [0.3, 0.4) is 0 Å². The van der Waals surface area contributed by atoms with Crippen molar-refractivity contribution in [2.24, 2.45) is 0 Å². The summed E-state index contributed by atoms with van der Waals surface area (Å²) in [5.74, 6) is -1.58. The van der Waals surface area contributed by atoms with Gasteiger partial charge in [-0.3, -0.25) is 32.5 Å². The van der Waals surface area contributed by atoms with E-state index < -0.39 is 91.5 Å². The lowest BCUT2D eigenvalue weighted by molar-refractivity contribution is -0.161. The fourth-order valence-electron chi connectivity index (χ4n) is 13.7. The molecular formula is C109H184O16P2. The number of esters is 3. The van der Waals surface area contributed by atoms with Gasteiger partial charge in [0.25, 0.3) is 0 Å². The van der Waals surface area contributed by atoms with Crippen molar-refractivity contribution in [3.63, 3.8) is 0 Å². The lowest BCUT2D eigenvalue weighted by Gasteiger charge is -2.21. The number of rotatable bonds is 95. The number of aliphatic hydroxyl groups excluding tert-OH is 2. The van der Waals surface area contributed by atoms with E-state index in [1.807, 2.05) is 0 Å². The quantitative estimate of drug-likeness (QED) is 0.0146. The number of carbonyl (C=O) groups is 3. The summed E-state index contributed by atoms with van der Waals surface area (Å²) in [6.07, 6.45) is 133. The van der Waals surface area contributed by atoms with Crippen molar-refractivity contribution >= 4 is 33.6 Å². The van der Waals surface area contributed by atoms with Crippen molar-refractivity contribution in [3.8, 4) is 0 Å². The Morgan fingerprint density at radius 3 is 0.661 bits per heavy atom. The Morgan fingerprint density at radius 2 is 0.417 bits per heavy atom. The van der Waals surface area contributed by atoms with Crippen LogP contribution < -0.4 is 0 Å². The molecule has 18 heteroatoms. The van der Waals surface area contributed by atoms with E-state index in [2.05, 4.69) is 215 Å². The number of ether oxygens (including phenoxy) is 3. The number of unbranched alkanes of at least 4 members (excludes halogenated alkanes) is 40. The summed E-state index contributed by atoms with van der Waals surface area (Å²) in [6.45, 7) is 2.47. The summed E-state index contributed by atoms with van der Waals surface area (Å²) in [6, 6.07) is 0. The molecular weight excluding hydrogens is 1630 g/mol. The molecule has 0 aromatic rings. The van der Waals surface area contributed by atoms with Gasteiger partial charge < -0.3 is 34.2 Å². The van der Waals surface area contributed by atoms with E-state index in [1.54, 1.807) is 0 Å². The second kappa shape index (κ2) is 99.4. The summed E-state index contributed by atoms with van der Waals surface area (Å²) >= 11 is 0. The molecule has 0 heterocycles. The molecule has 5 unspecified atom stereocenters. The topological polar surface area (TPSA) is 231 Å². The first-order valence-electron chi connectivity index (χ1n) is 50.7. The van der Waals surface area contributed by atoms with Crippen LogP contribution in [0.5, 0.6) is 0 Å². The smallest absolute Gasteiger partial charge is 0.463 e. The number of phosphoric acid groups is 2. The van der Waals surface area contributed by atoms with Gasteiger partial charge in [0.05, 0.1) is 26.4 Å². The molecule has 0 fully saturated rings. The molecule has 0 radical (unpaired) electrons. The lowest BCUT2D eigenvalue weighted by Crippen LogP contribution is -2.30. The maximum atomic E-state index is 13.1. The zero-order valence-electron chi connectivity index (χ0n) is 80.4. The molecule has 0 aliphatic heterocycles. The normalized spacial score (nSPS) is 14.5. The average Bonchev–Trinajstić information content (AvgIpc) is 0.899. The van der Waals surface area contributed by atoms with E-state index in [-0.39, 0.29) is 19.3 Å².